The fourth-order valence-electron chi connectivity index (χ4n) is 1.74. The van der Waals surface area contributed by atoms with Crippen molar-refractivity contribution in [3.05, 3.63) is 31.8 Å². The molecule has 144 valence electrons. The number of hydrogen-bond donors (Lipinski definition) is 0. The van der Waals surface area contributed by atoms with E-state index in [0.717, 1.165) is 0 Å². The van der Waals surface area contributed by atoms with Crippen LogP contribution in [0.1, 0.15) is 16.7 Å². The molecule has 1 aromatic carbocycles. The molecule has 0 aromatic heterocycles. The van der Waals surface area contributed by atoms with Gasteiger partial charge >= 0.3 is 0 Å². The Morgan fingerprint density at radius 2 is 0.630 bits per heavy atom. The highest BCUT2D eigenvalue weighted by Crippen LogP contribution is 2.37. The Morgan fingerprint density at radius 3 is 0.778 bits per heavy atom. The molecule has 0 N–H and O–H groups in total. The Balaban J connectivity index is 3.90. The van der Waals surface area contributed by atoms with Gasteiger partial charge in [-0.05, 0) is 0 Å². The lowest BCUT2D eigenvalue weighted by Gasteiger charge is -2.12. The molecule has 0 saturated carbocycles. The summed E-state index contributed by atoms with van der Waals surface area (Å²) in [5, 5.41) is 1.29. The van der Waals surface area contributed by atoms with E-state index in [4.69, 9.17) is 34.8 Å². The van der Waals surface area contributed by atoms with Gasteiger partial charge in [0, 0.05) is 0 Å². The average Bonchev–Trinajstić information content (AvgIpc) is 2.43. The fraction of sp³-hybridized carbons (Fsp3) is 0.429. The van der Waals surface area contributed by atoms with Gasteiger partial charge in [-0.15, -0.1) is 16.6 Å². The molecule has 0 heterocycles. The van der Waals surface area contributed by atoms with Crippen LogP contribution in [0.4, 0.5) is 0 Å². The molecule has 0 fully saturated rings. The molecule has 0 bridgehead atoms. The zero-order chi connectivity index (χ0) is 21.2. The van der Waals surface area contributed by atoms with Crippen LogP contribution in [0.2, 0.25) is 74.0 Å². The summed E-state index contributed by atoms with van der Waals surface area (Å²) in [5.41, 5.74) is 11.8. The Hall–Kier alpha value is -0.579. The SMILES string of the molecule is C[Si](C)(C)C#Cc1c(Cl)c(C#C[Si](C)(C)C)c(Cl)c(C#C[Si](C)(C)C)c1Cl. The standard InChI is InChI=1S/C21H27Cl3Si3/c1-25(2,3)13-10-16-19(22)17(11-14-26(4,5)6)21(24)18(20(16)23)12-15-27(7,8)9/h1-9H3. The van der Waals surface area contributed by atoms with Crippen molar-refractivity contribution in [2.24, 2.45) is 0 Å². The largest absolute Gasteiger partial charge is 0.129 e. The van der Waals surface area contributed by atoms with Crippen molar-refractivity contribution in [2.45, 2.75) is 58.9 Å². The van der Waals surface area contributed by atoms with Crippen LogP contribution < -0.4 is 0 Å². The van der Waals surface area contributed by atoms with Crippen molar-refractivity contribution in [3.63, 3.8) is 0 Å². The van der Waals surface area contributed by atoms with E-state index in [1.807, 2.05) is 0 Å². The van der Waals surface area contributed by atoms with E-state index in [0.29, 0.717) is 31.8 Å². The Labute approximate surface area is 183 Å². The second-order valence-electron chi connectivity index (χ2n) is 9.57. The lowest BCUT2D eigenvalue weighted by Crippen LogP contribution is -2.17. The first-order valence-electron chi connectivity index (χ1n) is 8.82. The second-order valence-corrected chi connectivity index (χ2v) is 25.0. The van der Waals surface area contributed by atoms with Crippen molar-refractivity contribution in [1.29, 1.82) is 0 Å². The molecule has 0 saturated heterocycles. The van der Waals surface area contributed by atoms with Crippen LogP contribution in [0.5, 0.6) is 0 Å². The fourth-order valence-corrected chi connectivity index (χ4v) is 4.24. The maximum atomic E-state index is 6.66. The van der Waals surface area contributed by atoms with Crippen molar-refractivity contribution in [1.82, 2.24) is 0 Å². The van der Waals surface area contributed by atoms with E-state index in [-0.39, 0.29) is 0 Å². The van der Waals surface area contributed by atoms with Gasteiger partial charge in [0.05, 0.1) is 31.8 Å². The van der Waals surface area contributed by atoms with Crippen LogP contribution in [0.3, 0.4) is 0 Å². The van der Waals surface area contributed by atoms with E-state index in [1.165, 1.54) is 0 Å². The minimum atomic E-state index is -1.60. The Morgan fingerprint density at radius 1 is 0.444 bits per heavy atom. The maximum Gasteiger partial charge on any atom is 0.129 e. The quantitative estimate of drug-likeness (QED) is 0.275. The van der Waals surface area contributed by atoms with Gasteiger partial charge < -0.3 is 0 Å². The second kappa shape index (κ2) is 8.84. The molecule has 0 aliphatic heterocycles. The molecule has 0 nitrogen and oxygen atoms in total. The molecule has 0 atom stereocenters. The van der Waals surface area contributed by atoms with E-state index in [9.17, 15) is 0 Å². The summed E-state index contributed by atoms with van der Waals surface area (Å²) in [6.45, 7) is 19.6. The number of halogens is 3. The Kier molecular flexibility index (Phi) is 8.00. The molecule has 1 rings (SSSR count). The average molecular weight is 470 g/mol. The predicted molar refractivity (Wildman–Crippen MR) is 132 cm³/mol. The van der Waals surface area contributed by atoms with Gasteiger partial charge in [0.2, 0.25) is 0 Å². The predicted octanol–water partition coefficient (Wildman–Crippen LogP) is 7.33. The van der Waals surface area contributed by atoms with E-state index in [2.05, 4.69) is 93.3 Å². The van der Waals surface area contributed by atoms with Gasteiger partial charge in [-0.3, -0.25) is 0 Å². The zero-order valence-electron chi connectivity index (χ0n) is 17.6. The lowest BCUT2D eigenvalue weighted by atomic mass is 10.1. The monoisotopic (exact) mass is 468 g/mol. The smallest absolute Gasteiger partial charge is 0.127 e. The van der Waals surface area contributed by atoms with Gasteiger partial charge in [-0.25, -0.2) is 0 Å². The summed E-state index contributed by atoms with van der Waals surface area (Å²) in [6, 6.07) is 0. The number of benzene rings is 1. The van der Waals surface area contributed by atoms with Crippen molar-refractivity contribution < 1.29 is 0 Å². The minimum absolute atomic E-state index is 0.431. The van der Waals surface area contributed by atoms with E-state index < -0.39 is 24.2 Å². The molecule has 1 aromatic rings. The topological polar surface area (TPSA) is 0 Å². The third-order valence-electron chi connectivity index (χ3n) is 3.00. The van der Waals surface area contributed by atoms with Gasteiger partial charge in [-0.1, -0.05) is 111 Å². The Bertz CT molecular complexity index is 779. The maximum absolute atomic E-state index is 6.66. The molecule has 0 amide bonds. The summed E-state index contributed by atoms with van der Waals surface area (Å²) >= 11 is 20.0. The van der Waals surface area contributed by atoms with Crippen LogP contribution in [0.15, 0.2) is 0 Å². The van der Waals surface area contributed by atoms with E-state index >= 15 is 0 Å². The first-order valence-corrected chi connectivity index (χ1v) is 20.5. The first kappa shape index (κ1) is 24.5. The molecule has 0 aliphatic carbocycles. The van der Waals surface area contributed by atoms with Crippen LogP contribution in [0, 0.1) is 34.4 Å². The van der Waals surface area contributed by atoms with Gasteiger partial charge in [0.25, 0.3) is 0 Å². The molecular formula is C21H27Cl3Si3. The van der Waals surface area contributed by atoms with Gasteiger partial charge in [0.1, 0.15) is 24.2 Å². The van der Waals surface area contributed by atoms with Crippen LogP contribution in [-0.2, 0) is 0 Å². The van der Waals surface area contributed by atoms with Crippen molar-refractivity contribution in [3.8, 4) is 34.4 Å². The lowest BCUT2D eigenvalue weighted by molar-refractivity contribution is 1.55. The molecule has 27 heavy (non-hydrogen) atoms. The molecular weight excluding hydrogens is 443 g/mol. The molecule has 0 aliphatic rings. The summed E-state index contributed by atoms with van der Waals surface area (Å²) < 4.78 is 0. The minimum Gasteiger partial charge on any atom is -0.127 e. The van der Waals surface area contributed by atoms with Crippen LogP contribution >= 0.6 is 34.8 Å². The van der Waals surface area contributed by atoms with Crippen LogP contribution in [-0.4, -0.2) is 24.2 Å². The first-order chi connectivity index (χ1) is 12.0. The molecule has 6 heteroatoms. The highest BCUT2D eigenvalue weighted by Gasteiger charge is 2.20. The van der Waals surface area contributed by atoms with Crippen molar-refractivity contribution in [2.75, 3.05) is 0 Å². The summed E-state index contributed by atoms with van der Waals surface area (Å²) in [4.78, 5) is 0. The number of rotatable bonds is 0. The molecule has 0 unspecified atom stereocenters. The highest BCUT2D eigenvalue weighted by atomic mass is 35.5. The van der Waals surface area contributed by atoms with Crippen molar-refractivity contribution >= 4 is 59.0 Å². The normalized spacial score (nSPS) is 11.6. The highest BCUT2D eigenvalue weighted by molar-refractivity contribution is 6.84. The van der Waals surface area contributed by atoms with E-state index in [1.54, 1.807) is 0 Å². The zero-order valence-corrected chi connectivity index (χ0v) is 22.9. The third kappa shape index (κ3) is 8.13. The third-order valence-corrected chi connectivity index (χ3v) is 6.76. The summed E-state index contributed by atoms with van der Waals surface area (Å²) in [6.07, 6.45) is 0. The van der Waals surface area contributed by atoms with Gasteiger partial charge in [0.15, 0.2) is 0 Å². The number of hydrogen-bond acceptors (Lipinski definition) is 0. The molecule has 0 radical (unpaired) electrons. The molecule has 0 spiro atoms. The summed E-state index contributed by atoms with van der Waals surface area (Å²) in [7, 11) is -4.80. The van der Waals surface area contributed by atoms with Crippen LogP contribution in [0.25, 0.3) is 0 Å². The summed E-state index contributed by atoms with van der Waals surface area (Å²) in [5.74, 6) is 9.60. The van der Waals surface area contributed by atoms with Gasteiger partial charge in [-0.2, -0.15) is 0 Å².